The lowest BCUT2D eigenvalue weighted by molar-refractivity contribution is -0.141. The molecule has 2 fully saturated rings. The van der Waals surface area contributed by atoms with Crippen molar-refractivity contribution in [2.45, 2.75) is 56.8 Å². The van der Waals surface area contributed by atoms with E-state index in [2.05, 4.69) is 17.4 Å². The highest BCUT2D eigenvalue weighted by Gasteiger charge is 2.44. The van der Waals surface area contributed by atoms with Crippen LogP contribution < -0.4 is 10.1 Å². The first kappa shape index (κ1) is 23.3. The van der Waals surface area contributed by atoms with Crippen molar-refractivity contribution in [1.82, 2.24) is 10.2 Å². The monoisotopic (exact) mass is 448 g/mol. The van der Waals surface area contributed by atoms with Crippen molar-refractivity contribution in [2.24, 2.45) is 5.92 Å². The number of nitrogens with one attached hydrogen (secondary N) is 1. The van der Waals surface area contributed by atoms with Crippen LogP contribution in [-0.4, -0.2) is 43.5 Å². The minimum absolute atomic E-state index is 0.0759. The zero-order valence-electron chi connectivity index (χ0n) is 19.7. The van der Waals surface area contributed by atoms with Gasteiger partial charge in [0.15, 0.2) is 0 Å². The van der Waals surface area contributed by atoms with Gasteiger partial charge in [-0.05, 0) is 55.4 Å². The quantitative estimate of drug-likeness (QED) is 0.679. The number of carbonyl (C=O) groups excluding carboxylic acids is 2. The molecule has 1 saturated carbocycles. The Bertz CT molecular complexity index is 912. The van der Waals surface area contributed by atoms with E-state index in [0.717, 1.165) is 49.0 Å². The van der Waals surface area contributed by atoms with Crippen LogP contribution in [0.25, 0.3) is 0 Å². The smallest absolute Gasteiger partial charge is 0.230 e. The highest BCUT2D eigenvalue weighted by atomic mass is 16.5. The van der Waals surface area contributed by atoms with Gasteiger partial charge in [-0.3, -0.25) is 9.59 Å². The fraction of sp³-hybridized carbons (Fsp3) is 0.500. The van der Waals surface area contributed by atoms with Gasteiger partial charge in [-0.1, -0.05) is 61.7 Å². The van der Waals surface area contributed by atoms with Crippen molar-refractivity contribution < 1.29 is 14.3 Å². The fourth-order valence-electron chi connectivity index (χ4n) is 5.40. The number of amides is 2. The van der Waals surface area contributed by atoms with E-state index < -0.39 is 5.41 Å². The van der Waals surface area contributed by atoms with Gasteiger partial charge in [-0.15, -0.1) is 0 Å². The molecule has 2 aromatic rings. The number of hydrogen-bond acceptors (Lipinski definition) is 3. The lowest BCUT2D eigenvalue weighted by Crippen LogP contribution is -2.54. The predicted molar refractivity (Wildman–Crippen MR) is 130 cm³/mol. The summed E-state index contributed by atoms with van der Waals surface area (Å²) in [4.78, 5) is 28.6. The molecule has 1 aliphatic heterocycles. The van der Waals surface area contributed by atoms with E-state index in [-0.39, 0.29) is 11.8 Å². The SMILES string of the molecule is COc1ccc(CCNC(=O)C2(c3ccccc3)CCN(C(=O)C3CCCCC3)CC2)cc1. The summed E-state index contributed by atoms with van der Waals surface area (Å²) in [5, 5.41) is 3.20. The number of methoxy groups -OCH3 is 1. The van der Waals surface area contributed by atoms with Crippen LogP contribution in [0.4, 0.5) is 0 Å². The Kier molecular flexibility index (Phi) is 7.69. The molecular weight excluding hydrogens is 412 g/mol. The minimum atomic E-state index is -0.579. The van der Waals surface area contributed by atoms with Crippen LogP contribution in [0.3, 0.4) is 0 Å². The summed E-state index contributed by atoms with van der Waals surface area (Å²) in [5.74, 6) is 1.39. The predicted octanol–water partition coefficient (Wildman–Crippen LogP) is 4.49. The fourth-order valence-corrected chi connectivity index (χ4v) is 5.40. The molecule has 0 aromatic heterocycles. The van der Waals surface area contributed by atoms with Gasteiger partial charge in [-0.2, -0.15) is 0 Å². The zero-order chi connectivity index (χ0) is 23.1. The first-order chi connectivity index (χ1) is 16.1. The lowest BCUT2D eigenvalue weighted by atomic mass is 9.71. The van der Waals surface area contributed by atoms with Gasteiger partial charge in [0.1, 0.15) is 5.75 Å². The molecule has 33 heavy (non-hydrogen) atoms. The summed E-state index contributed by atoms with van der Waals surface area (Å²) in [7, 11) is 1.66. The largest absolute Gasteiger partial charge is 0.497 e. The van der Waals surface area contributed by atoms with Gasteiger partial charge in [0.25, 0.3) is 0 Å². The molecule has 5 nitrogen and oxygen atoms in total. The second-order valence-electron chi connectivity index (χ2n) is 9.46. The summed E-state index contributed by atoms with van der Waals surface area (Å²) < 4.78 is 5.22. The first-order valence-electron chi connectivity index (χ1n) is 12.4. The van der Waals surface area contributed by atoms with E-state index in [9.17, 15) is 9.59 Å². The normalized spacial score (nSPS) is 18.5. The van der Waals surface area contributed by atoms with Crippen LogP contribution in [0.1, 0.15) is 56.1 Å². The Morgan fingerprint density at radius 3 is 2.27 bits per heavy atom. The number of piperidine rings is 1. The van der Waals surface area contributed by atoms with Crippen molar-refractivity contribution in [3.05, 3.63) is 65.7 Å². The summed E-state index contributed by atoms with van der Waals surface area (Å²) in [6.45, 7) is 1.89. The molecule has 0 spiro atoms. The van der Waals surface area contributed by atoms with E-state index in [1.54, 1.807) is 7.11 Å². The van der Waals surface area contributed by atoms with Crippen molar-refractivity contribution in [3.8, 4) is 5.75 Å². The molecule has 4 rings (SSSR count). The van der Waals surface area contributed by atoms with Gasteiger partial charge < -0.3 is 15.0 Å². The third-order valence-electron chi connectivity index (χ3n) is 7.50. The number of likely N-dealkylation sites (tertiary alicyclic amines) is 1. The molecule has 5 heteroatoms. The van der Waals surface area contributed by atoms with Crippen LogP contribution in [-0.2, 0) is 21.4 Å². The second kappa shape index (κ2) is 10.9. The van der Waals surface area contributed by atoms with Crippen molar-refractivity contribution in [2.75, 3.05) is 26.7 Å². The Morgan fingerprint density at radius 2 is 1.64 bits per heavy atom. The average molecular weight is 449 g/mol. The van der Waals surface area contributed by atoms with Gasteiger partial charge in [-0.25, -0.2) is 0 Å². The highest BCUT2D eigenvalue weighted by Crippen LogP contribution is 2.37. The molecule has 1 N–H and O–H groups in total. The Morgan fingerprint density at radius 1 is 0.970 bits per heavy atom. The maximum absolute atomic E-state index is 13.6. The zero-order valence-corrected chi connectivity index (χ0v) is 19.7. The Labute approximate surface area is 197 Å². The molecule has 0 radical (unpaired) electrons. The highest BCUT2D eigenvalue weighted by molar-refractivity contribution is 5.89. The number of rotatable bonds is 7. The number of nitrogens with zero attached hydrogens (tertiary/aromatic N) is 1. The Hall–Kier alpha value is -2.82. The first-order valence-corrected chi connectivity index (χ1v) is 12.4. The van der Waals surface area contributed by atoms with E-state index >= 15 is 0 Å². The average Bonchev–Trinajstić information content (AvgIpc) is 2.89. The molecule has 2 aromatic carbocycles. The van der Waals surface area contributed by atoms with Crippen molar-refractivity contribution in [3.63, 3.8) is 0 Å². The number of benzene rings is 2. The van der Waals surface area contributed by atoms with Gasteiger partial charge in [0.2, 0.25) is 11.8 Å². The third kappa shape index (κ3) is 5.40. The second-order valence-corrected chi connectivity index (χ2v) is 9.46. The van der Waals surface area contributed by atoms with Crippen LogP contribution in [0.15, 0.2) is 54.6 Å². The molecule has 2 amide bonds. The molecule has 176 valence electrons. The number of hydrogen-bond donors (Lipinski definition) is 1. The lowest BCUT2D eigenvalue weighted by Gasteiger charge is -2.42. The molecule has 0 unspecified atom stereocenters. The van der Waals surface area contributed by atoms with Crippen molar-refractivity contribution >= 4 is 11.8 Å². The van der Waals surface area contributed by atoms with Gasteiger partial charge in [0.05, 0.1) is 12.5 Å². The maximum atomic E-state index is 13.6. The van der Waals surface area contributed by atoms with E-state index in [4.69, 9.17) is 4.74 Å². The summed E-state index contributed by atoms with van der Waals surface area (Å²) in [5.41, 5.74) is 1.64. The standard InChI is InChI=1S/C28H36N2O3/c1-33-25-14-12-22(13-15-25)16-19-29-27(32)28(24-10-6-3-7-11-24)17-20-30(21-18-28)26(31)23-8-4-2-5-9-23/h3,6-7,10-15,23H,2,4-5,8-9,16-21H2,1H3,(H,29,32). The molecule has 1 aliphatic carbocycles. The molecule has 2 aliphatic rings. The molecule has 0 bridgehead atoms. The molecular formula is C28H36N2O3. The van der Waals surface area contributed by atoms with Crippen molar-refractivity contribution in [1.29, 1.82) is 0 Å². The van der Waals surface area contributed by atoms with Crippen LogP contribution in [0, 0.1) is 5.92 Å². The molecule has 0 atom stereocenters. The van der Waals surface area contributed by atoms with Crippen LogP contribution >= 0.6 is 0 Å². The molecule has 1 heterocycles. The number of carbonyl (C=O) groups is 2. The summed E-state index contributed by atoms with van der Waals surface area (Å²) in [6.07, 6.45) is 7.72. The van der Waals surface area contributed by atoms with E-state index in [1.165, 1.54) is 6.42 Å². The third-order valence-corrected chi connectivity index (χ3v) is 7.50. The topological polar surface area (TPSA) is 58.6 Å². The Balaban J connectivity index is 1.40. The number of ether oxygens (including phenoxy) is 1. The summed E-state index contributed by atoms with van der Waals surface area (Å²) in [6, 6.07) is 18.1. The van der Waals surface area contributed by atoms with Gasteiger partial charge >= 0.3 is 0 Å². The van der Waals surface area contributed by atoms with Gasteiger partial charge in [0, 0.05) is 25.6 Å². The van der Waals surface area contributed by atoms with Crippen LogP contribution in [0.5, 0.6) is 5.75 Å². The van der Waals surface area contributed by atoms with E-state index in [0.29, 0.717) is 38.4 Å². The van der Waals surface area contributed by atoms with E-state index in [1.807, 2.05) is 47.4 Å². The van der Waals surface area contributed by atoms with Crippen LogP contribution in [0.2, 0.25) is 0 Å². The summed E-state index contributed by atoms with van der Waals surface area (Å²) >= 11 is 0. The minimum Gasteiger partial charge on any atom is -0.497 e. The maximum Gasteiger partial charge on any atom is 0.230 e. The molecule has 1 saturated heterocycles.